The van der Waals surface area contributed by atoms with Crippen LogP contribution in [0.1, 0.15) is 18.1 Å². The van der Waals surface area contributed by atoms with Gasteiger partial charge in [-0.05, 0) is 44.0 Å². The lowest BCUT2D eigenvalue weighted by Gasteiger charge is -2.15. The van der Waals surface area contributed by atoms with Gasteiger partial charge in [-0.1, -0.05) is 36.4 Å². The minimum absolute atomic E-state index is 0.432. The van der Waals surface area contributed by atoms with E-state index in [9.17, 15) is 14.4 Å². The van der Waals surface area contributed by atoms with Crippen LogP contribution in [0.15, 0.2) is 48.5 Å². The van der Waals surface area contributed by atoms with Gasteiger partial charge in [-0.2, -0.15) is 0 Å². The molecule has 0 aliphatic heterocycles. The highest BCUT2D eigenvalue weighted by Gasteiger charge is 2.18. The summed E-state index contributed by atoms with van der Waals surface area (Å²) in [6.07, 6.45) is 0. The second kappa shape index (κ2) is 9.38. The summed E-state index contributed by atoms with van der Waals surface area (Å²) < 4.78 is 4.98. The van der Waals surface area contributed by atoms with Gasteiger partial charge in [-0.25, -0.2) is 9.59 Å². The van der Waals surface area contributed by atoms with Crippen molar-refractivity contribution in [2.24, 2.45) is 0 Å². The number of amides is 3. The Balaban J connectivity index is 1.78. The van der Waals surface area contributed by atoms with Crippen LogP contribution in [-0.4, -0.2) is 30.6 Å². The first-order valence-electron chi connectivity index (χ1n) is 8.52. The molecule has 3 amide bonds. The molecule has 7 heteroatoms. The highest BCUT2D eigenvalue weighted by molar-refractivity contribution is 5.95. The van der Waals surface area contributed by atoms with Gasteiger partial charge in [0.25, 0.3) is 5.91 Å². The van der Waals surface area contributed by atoms with E-state index in [0.29, 0.717) is 11.4 Å². The number of esters is 1. The Morgan fingerprint density at radius 3 is 2.19 bits per heavy atom. The number of nitrogens with one attached hydrogen (secondary N) is 3. The maximum atomic E-state index is 12.0. The standard InChI is InChI=1S/C20H23N3O4/c1-13-8-7-9-14(2)18(13)23-17(24)12-27-19(25)15(3)21-20(26)22-16-10-5-4-6-11-16/h4-11,15H,12H2,1-3H3,(H,23,24)(H2,21,22,26)/t15-/m0/s1. The SMILES string of the molecule is Cc1cccc(C)c1NC(=O)COC(=O)[C@H](C)NC(=O)Nc1ccccc1. The van der Waals surface area contributed by atoms with Crippen LogP contribution in [0.4, 0.5) is 16.2 Å². The quantitative estimate of drug-likeness (QED) is 0.682. The Morgan fingerprint density at radius 2 is 1.56 bits per heavy atom. The molecule has 0 aromatic heterocycles. The second-order valence-corrected chi connectivity index (χ2v) is 6.11. The molecule has 0 spiro atoms. The van der Waals surface area contributed by atoms with Crippen LogP contribution in [-0.2, 0) is 14.3 Å². The molecule has 0 saturated heterocycles. The van der Waals surface area contributed by atoms with Crippen molar-refractivity contribution >= 4 is 29.3 Å². The average Bonchev–Trinajstić information content (AvgIpc) is 2.63. The van der Waals surface area contributed by atoms with Crippen molar-refractivity contribution in [2.45, 2.75) is 26.8 Å². The van der Waals surface area contributed by atoms with Crippen molar-refractivity contribution in [3.05, 3.63) is 59.7 Å². The summed E-state index contributed by atoms with van der Waals surface area (Å²) in [4.78, 5) is 35.9. The summed E-state index contributed by atoms with van der Waals surface area (Å²) >= 11 is 0. The smallest absolute Gasteiger partial charge is 0.328 e. The first-order chi connectivity index (χ1) is 12.9. The molecule has 0 bridgehead atoms. The van der Waals surface area contributed by atoms with Crippen molar-refractivity contribution in [2.75, 3.05) is 17.2 Å². The fraction of sp³-hybridized carbons (Fsp3) is 0.250. The molecule has 0 fully saturated rings. The van der Waals surface area contributed by atoms with Gasteiger partial charge in [0.15, 0.2) is 6.61 Å². The fourth-order valence-electron chi connectivity index (χ4n) is 2.39. The zero-order valence-electron chi connectivity index (χ0n) is 15.5. The van der Waals surface area contributed by atoms with Gasteiger partial charge in [0.1, 0.15) is 6.04 Å². The minimum atomic E-state index is -0.901. The lowest BCUT2D eigenvalue weighted by Crippen LogP contribution is -2.42. The summed E-state index contributed by atoms with van der Waals surface area (Å²) in [7, 11) is 0. The molecule has 0 saturated carbocycles. The second-order valence-electron chi connectivity index (χ2n) is 6.11. The summed E-state index contributed by atoms with van der Waals surface area (Å²) in [5, 5.41) is 7.79. The Morgan fingerprint density at radius 1 is 0.926 bits per heavy atom. The number of hydrogen-bond acceptors (Lipinski definition) is 4. The number of rotatable bonds is 6. The number of anilines is 2. The van der Waals surface area contributed by atoms with E-state index in [4.69, 9.17) is 4.74 Å². The molecule has 7 nitrogen and oxygen atoms in total. The normalized spacial score (nSPS) is 11.2. The summed E-state index contributed by atoms with van der Waals surface area (Å²) in [6, 6.07) is 13.1. The topological polar surface area (TPSA) is 96.5 Å². The lowest BCUT2D eigenvalue weighted by atomic mass is 10.1. The van der Waals surface area contributed by atoms with Crippen LogP contribution in [0.3, 0.4) is 0 Å². The van der Waals surface area contributed by atoms with Gasteiger partial charge in [-0.15, -0.1) is 0 Å². The molecule has 142 valence electrons. The molecule has 0 aliphatic rings. The molecular weight excluding hydrogens is 346 g/mol. The van der Waals surface area contributed by atoms with Gasteiger partial charge in [0.05, 0.1) is 0 Å². The molecule has 1 atom stereocenters. The predicted octanol–water partition coefficient (Wildman–Crippen LogP) is 3.00. The van der Waals surface area contributed by atoms with Crippen molar-refractivity contribution in [1.82, 2.24) is 5.32 Å². The highest BCUT2D eigenvalue weighted by atomic mass is 16.5. The lowest BCUT2D eigenvalue weighted by molar-refractivity contribution is -0.148. The van der Waals surface area contributed by atoms with E-state index >= 15 is 0 Å². The van der Waals surface area contributed by atoms with Crippen LogP contribution < -0.4 is 16.0 Å². The molecular formula is C20H23N3O4. The summed E-state index contributed by atoms with van der Waals surface area (Å²) in [5.41, 5.74) is 3.14. The Hall–Kier alpha value is -3.35. The number of hydrogen-bond donors (Lipinski definition) is 3. The van der Waals surface area contributed by atoms with Crippen LogP contribution in [0.25, 0.3) is 0 Å². The third-order valence-electron chi connectivity index (χ3n) is 3.82. The van der Waals surface area contributed by atoms with E-state index in [1.807, 2.05) is 38.1 Å². The minimum Gasteiger partial charge on any atom is -0.454 e. The molecule has 0 radical (unpaired) electrons. The van der Waals surface area contributed by atoms with Gasteiger partial charge in [0, 0.05) is 11.4 Å². The fourth-order valence-corrected chi connectivity index (χ4v) is 2.39. The van der Waals surface area contributed by atoms with Crippen LogP contribution in [0, 0.1) is 13.8 Å². The van der Waals surface area contributed by atoms with E-state index in [1.54, 1.807) is 24.3 Å². The predicted molar refractivity (Wildman–Crippen MR) is 104 cm³/mol. The maximum Gasteiger partial charge on any atom is 0.328 e. The largest absolute Gasteiger partial charge is 0.454 e. The number of para-hydroxylation sites is 2. The van der Waals surface area contributed by atoms with Crippen LogP contribution in [0.2, 0.25) is 0 Å². The van der Waals surface area contributed by atoms with E-state index in [2.05, 4.69) is 16.0 Å². The van der Waals surface area contributed by atoms with E-state index in [0.717, 1.165) is 11.1 Å². The zero-order chi connectivity index (χ0) is 19.8. The van der Waals surface area contributed by atoms with Crippen molar-refractivity contribution in [1.29, 1.82) is 0 Å². The molecule has 0 aliphatic carbocycles. The first kappa shape index (κ1) is 20.0. The molecule has 0 heterocycles. The monoisotopic (exact) mass is 369 g/mol. The van der Waals surface area contributed by atoms with Gasteiger partial charge in [-0.3, -0.25) is 4.79 Å². The summed E-state index contributed by atoms with van der Waals surface area (Å²) in [6.45, 7) is 4.81. The number of urea groups is 1. The Bertz CT molecular complexity index is 801. The number of carbonyl (C=O) groups excluding carboxylic acids is 3. The Labute approximate surface area is 158 Å². The third kappa shape index (κ3) is 6.14. The van der Waals surface area contributed by atoms with Crippen molar-refractivity contribution in [3.8, 4) is 0 Å². The van der Waals surface area contributed by atoms with Gasteiger partial charge in [0.2, 0.25) is 0 Å². The number of ether oxygens (including phenoxy) is 1. The third-order valence-corrected chi connectivity index (χ3v) is 3.82. The first-order valence-corrected chi connectivity index (χ1v) is 8.52. The molecule has 2 aromatic carbocycles. The molecule has 27 heavy (non-hydrogen) atoms. The molecule has 3 N–H and O–H groups in total. The number of benzene rings is 2. The highest BCUT2D eigenvalue weighted by Crippen LogP contribution is 2.19. The van der Waals surface area contributed by atoms with Crippen LogP contribution >= 0.6 is 0 Å². The number of aryl methyl sites for hydroxylation is 2. The van der Waals surface area contributed by atoms with Crippen molar-refractivity contribution < 1.29 is 19.1 Å². The maximum absolute atomic E-state index is 12.0. The average molecular weight is 369 g/mol. The number of carbonyl (C=O) groups is 3. The summed E-state index contributed by atoms with van der Waals surface area (Å²) in [5.74, 6) is -1.14. The van der Waals surface area contributed by atoms with Crippen LogP contribution in [0.5, 0.6) is 0 Å². The molecule has 2 rings (SSSR count). The van der Waals surface area contributed by atoms with Gasteiger partial charge < -0.3 is 20.7 Å². The molecule has 2 aromatic rings. The van der Waals surface area contributed by atoms with E-state index in [1.165, 1.54) is 6.92 Å². The van der Waals surface area contributed by atoms with E-state index < -0.39 is 30.6 Å². The van der Waals surface area contributed by atoms with E-state index in [-0.39, 0.29) is 0 Å². The molecule has 0 unspecified atom stereocenters. The zero-order valence-corrected chi connectivity index (χ0v) is 15.5. The van der Waals surface area contributed by atoms with Gasteiger partial charge >= 0.3 is 12.0 Å². The van der Waals surface area contributed by atoms with Crippen molar-refractivity contribution in [3.63, 3.8) is 0 Å². The Kier molecular flexibility index (Phi) is 6.93.